The molecule has 0 radical (unpaired) electrons. The van der Waals surface area contributed by atoms with Crippen molar-refractivity contribution in [2.45, 2.75) is 6.92 Å². The van der Waals surface area contributed by atoms with Gasteiger partial charge in [-0.15, -0.1) is 0 Å². The summed E-state index contributed by atoms with van der Waals surface area (Å²) >= 11 is 12.1. The van der Waals surface area contributed by atoms with Crippen molar-refractivity contribution in [3.63, 3.8) is 0 Å². The fourth-order valence-corrected chi connectivity index (χ4v) is 8.03. The first-order valence-electron chi connectivity index (χ1n) is 22.5. The van der Waals surface area contributed by atoms with Crippen LogP contribution in [0, 0.1) is 0 Å². The predicted molar refractivity (Wildman–Crippen MR) is 290 cm³/mol. The lowest BCUT2D eigenvalue weighted by Crippen LogP contribution is -2.28. The summed E-state index contributed by atoms with van der Waals surface area (Å²) in [4.78, 5) is 53.9. The number of phenols is 1. The monoisotopic (exact) mass is 1050 g/mol. The van der Waals surface area contributed by atoms with Gasteiger partial charge in [0.1, 0.15) is 23.0 Å². The number of rotatable bonds is 24. The average Bonchev–Trinajstić information content (AvgIpc) is 3.66. The number of nitrogens with two attached hydrogens (primary N) is 2. The Balaban J connectivity index is 0.892. The van der Waals surface area contributed by atoms with E-state index in [-0.39, 0.29) is 91.4 Å². The van der Waals surface area contributed by atoms with Gasteiger partial charge in [0.15, 0.2) is 21.7 Å². The van der Waals surface area contributed by atoms with Crippen LogP contribution in [0.25, 0.3) is 6.08 Å². The van der Waals surface area contributed by atoms with Crippen LogP contribution < -0.4 is 42.8 Å². The van der Waals surface area contributed by atoms with Gasteiger partial charge in [0.2, 0.25) is 11.8 Å². The maximum Gasteiger partial charge on any atom is 0.344 e. The van der Waals surface area contributed by atoms with Crippen molar-refractivity contribution in [1.29, 1.82) is 0 Å². The van der Waals surface area contributed by atoms with E-state index in [1.807, 2.05) is 18.2 Å². The third-order valence-corrected chi connectivity index (χ3v) is 11.4. The number of para-hydroxylation sites is 1. The number of anilines is 4. The van der Waals surface area contributed by atoms with Crippen molar-refractivity contribution < 1.29 is 53.1 Å². The van der Waals surface area contributed by atoms with E-state index in [0.717, 1.165) is 11.8 Å². The Labute approximate surface area is 435 Å². The Bertz CT molecular complexity index is 2790. The zero-order chi connectivity index (χ0) is 52.1. The molecule has 5 aromatic rings. The zero-order valence-electron chi connectivity index (χ0n) is 39.3. The van der Waals surface area contributed by atoms with Crippen molar-refractivity contribution in [1.82, 2.24) is 5.32 Å². The van der Waals surface area contributed by atoms with Gasteiger partial charge < -0.3 is 71.9 Å². The molecule has 0 fully saturated rings. The Hall–Kier alpha value is -7.86. The van der Waals surface area contributed by atoms with Crippen molar-refractivity contribution in [3.05, 3.63) is 154 Å². The number of ether oxygens (including phenoxy) is 5. The van der Waals surface area contributed by atoms with E-state index in [0.29, 0.717) is 61.7 Å². The van der Waals surface area contributed by atoms with Crippen LogP contribution in [0.15, 0.2) is 136 Å². The number of hydrogen-bond acceptors (Lipinski definition) is 15. The van der Waals surface area contributed by atoms with E-state index in [1.165, 1.54) is 6.07 Å². The summed E-state index contributed by atoms with van der Waals surface area (Å²) in [5.41, 5.74) is 14.9. The second kappa shape index (κ2) is 27.7. The third-order valence-electron chi connectivity index (χ3n) is 9.96. The lowest BCUT2D eigenvalue weighted by molar-refractivity contribution is -0.138. The van der Waals surface area contributed by atoms with Crippen LogP contribution >= 0.6 is 36.2 Å². The fourth-order valence-electron chi connectivity index (χ4n) is 6.53. The zero-order valence-corrected chi connectivity index (χ0v) is 41.8. The molecule has 0 unspecified atom stereocenters. The Morgan fingerprint density at radius 2 is 1.18 bits per heavy atom. The molecule has 0 saturated heterocycles. The number of hydrogen-bond donors (Lipinski definition) is 9. The minimum absolute atomic E-state index is 0.0282. The number of amides is 3. The number of primary amides is 2. The molecule has 0 atom stereocenters. The van der Waals surface area contributed by atoms with Gasteiger partial charge in [-0.05, 0) is 134 Å². The highest BCUT2D eigenvalue weighted by Gasteiger charge is 2.33. The van der Waals surface area contributed by atoms with Crippen molar-refractivity contribution in [2.24, 2.45) is 16.5 Å². The number of phenolic OH excluding ortho intramolecular Hbond substituents is 1. The van der Waals surface area contributed by atoms with E-state index in [9.17, 15) is 29.4 Å². The average molecular weight is 1050 g/mol. The molecule has 19 nitrogen and oxygen atoms in total. The molecule has 11 N–H and O–H groups in total. The van der Waals surface area contributed by atoms with E-state index in [4.69, 9.17) is 59.6 Å². The predicted octanol–water partition coefficient (Wildman–Crippen LogP) is 7.26. The van der Waals surface area contributed by atoms with Gasteiger partial charge in [0.25, 0.3) is 5.91 Å². The van der Waals surface area contributed by atoms with Crippen molar-refractivity contribution in [3.8, 4) is 11.5 Å². The number of esters is 1. The highest BCUT2D eigenvalue weighted by atomic mass is 32.2. The third kappa shape index (κ3) is 17.2. The molecular weight excluding hydrogens is 997 g/mol. The number of aliphatic hydroxyl groups excluding tert-OH is 1. The molecule has 1 heterocycles. The Morgan fingerprint density at radius 1 is 0.644 bits per heavy atom. The van der Waals surface area contributed by atoms with Crippen LogP contribution in [0.1, 0.15) is 43.6 Å². The molecule has 380 valence electrons. The standard InChI is InChI=1S/C51H52N8O11S3/c1-2-69-49(65)43-44(61)42(73-48(43)55-35-6-4-3-5-7-35)27-31-8-17-41(40(60)26-31)70-25-24-68-23-22-67-21-20-66-19-18-54-47(64)34-28-38(58-50(71)56-36-13-9-32(10-14-36)45(52)62)30-39(29-34)59-51(72)57-37-15-11-33(12-16-37)46(53)63/h3-17,26-30,60-61H,2,18-25H2,1H3,(H2,52,62)(H2,53,63)(H,54,64)(H2,56,58,71)(H2,57,59,72)/b42-27-,55-48?. The van der Waals surface area contributed by atoms with E-state index >= 15 is 0 Å². The molecule has 3 amide bonds. The summed E-state index contributed by atoms with van der Waals surface area (Å²) < 4.78 is 27.7. The summed E-state index contributed by atoms with van der Waals surface area (Å²) in [6.07, 6.45) is 1.63. The first-order chi connectivity index (χ1) is 35.3. The van der Waals surface area contributed by atoms with Crippen molar-refractivity contribution >= 4 is 110 Å². The molecule has 1 aliphatic rings. The summed E-state index contributed by atoms with van der Waals surface area (Å²) in [5.74, 6) is -2.34. The molecule has 73 heavy (non-hydrogen) atoms. The quantitative estimate of drug-likeness (QED) is 0.0167. The Kier molecular flexibility index (Phi) is 20.6. The summed E-state index contributed by atoms with van der Waals surface area (Å²) in [7, 11) is 0. The second-order valence-electron chi connectivity index (χ2n) is 15.3. The number of carbonyl (C=O) groups is 4. The van der Waals surface area contributed by atoms with Gasteiger partial charge in [-0.25, -0.2) is 9.79 Å². The van der Waals surface area contributed by atoms with Crippen LogP contribution in [0.5, 0.6) is 11.5 Å². The fraction of sp³-hybridized carbons (Fsp3) is 0.196. The van der Waals surface area contributed by atoms with Gasteiger partial charge >= 0.3 is 5.97 Å². The number of aliphatic hydroxyl groups is 1. The minimum Gasteiger partial charge on any atom is -0.506 e. The van der Waals surface area contributed by atoms with Crippen molar-refractivity contribution in [2.75, 3.05) is 80.7 Å². The number of thioether (sulfide) groups is 1. The molecule has 0 spiro atoms. The van der Waals surface area contributed by atoms with Crippen LogP contribution in [-0.4, -0.2) is 109 Å². The molecule has 0 saturated carbocycles. The molecule has 0 aromatic heterocycles. The maximum absolute atomic E-state index is 13.4. The molecular formula is C51H52N8O11S3. The largest absolute Gasteiger partial charge is 0.506 e. The number of nitrogens with zero attached hydrogens (tertiary/aromatic N) is 1. The molecule has 0 bridgehead atoms. The van der Waals surface area contributed by atoms with Gasteiger partial charge in [-0.1, -0.05) is 36.0 Å². The van der Waals surface area contributed by atoms with Gasteiger partial charge in [0.05, 0.1) is 56.8 Å². The van der Waals surface area contributed by atoms with E-state index < -0.39 is 23.7 Å². The SMILES string of the molecule is CCOC(=O)C1=C(O)/C(=C/c2ccc(OCCOCCOCCOCCNC(=O)c3cc(NC(=S)Nc4ccc(C(N)=O)cc4)cc(NC(=S)Nc4ccc(C(N)=O)cc4)c3)c(O)c2)SC1=Nc1ccccc1. The molecule has 1 aliphatic heterocycles. The van der Waals surface area contributed by atoms with Crippen LogP contribution in [0.2, 0.25) is 0 Å². The minimum atomic E-state index is -0.687. The van der Waals surface area contributed by atoms with Gasteiger partial charge in [0, 0.05) is 46.0 Å². The first-order valence-corrected chi connectivity index (χ1v) is 24.1. The summed E-state index contributed by atoms with van der Waals surface area (Å²) in [6.45, 7) is 3.75. The first kappa shape index (κ1) is 54.5. The second-order valence-corrected chi connectivity index (χ2v) is 17.2. The molecule has 5 aromatic carbocycles. The van der Waals surface area contributed by atoms with Crippen LogP contribution in [0.3, 0.4) is 0 Å². The highest BCUT2D eigenvalue weighted by Crippen LogP contribution is 2.41. The number of aromatic hydroxyl groups is 1. The topological polar surface area (TPSA) is 279 Å². The smallest absolute Gasteiger partial charge is 0.344 e. The van der Waals surface area contributed by atoms with Gasteiger partial charge in [-0.3, -0.25) is 14.4 Å². The summed E-state index contributed by atoms with van der Waals surface area (Å²) in [5, 5.41) is 37.4. The highest BCUT2D eigenvalue weighted by molar-refractivity contribution is 8.18. The lowest BCUT2D eigenvalue weighted by Gasteiger charge is -2.16. The lowest BCUT2D eigenvalue weighted by atomic mass is 10.1. The maximum atomic E-state index is 13.4. The number of nitrogens with one attached hydrogen (secondary N) is 5. The van der Waals surface area contributed by atoms with E-state index in [2.05, 4.69) is 31.6 Å². The number of aliphatic imine (C=N–C) groups is 1. The molecule has 22 heteroatoms. The van der Waals surface area contributed by atoms with Gasteiger partial charge in [-0.2, -0.15) is 0 Å². The number of carbonyl (C=O) groups excluding carboxylic acids is 4. The number of benzene rings is 5. The molecule has 6 rings (SSSR count). The number of thiocarbonyl (C=S) groups is 2. The summed E-state index contributed by atoms with van der Waals surface area (Å²) in [6, 6.07) is 31.6. The van der Waals surface area contributed by atoms with Crippen LogP contribution in [0.4, 0.5) is 28.4 Å². The van der Waals surface area contributed by atoms with Crippen LogP contribution in [-0.2, 0) is 23.7 Å². The normalized spacial score (nSPS) is 13.1. The van der Waals surface area contributed by atoms with E-state index in [1.54, 1.807) is 104 Å². The Morgan fingerprint density at radius 3 is 1.71 bits per heavy atom. The molecule has 0 aliphatic carbocycles.